The highest BCUT2D eigenvalue weighted by molar-refractivity contribution is 8.18. The van der Waals surface area contributed by atoms with Crippen molar-refractivity contribution >= 4 is 46.0 Å². The number of likely N-dealkylation sites (tertiary alicyclic amines) is 1. The van der Waals surface area contributed by atoms with Crippen molar-refractivity contribution in [2.45, 2.75) is 44.9 Å². The van der Waals surface area contributed by atoms with Crippen LogP contribution in [0.1, 0.15) is 44.9 Å². The first-order valence-corrected chi connectivity index (χ1v) is 12.9. The molecule has 2 aromatic carbocycles. The Labute approximate surface area is 214 Å². The lowest BCUT2D eigenvalue weighted by Gasteiger charge is -2.44. The summed E-state index contributed by atoms with van der Waals surface area (Å²) in [6.45, 7) is 8.79. The topological polar surface area (TPSA) is 56.1 Å². The van der Waals surface area contributed by atoms with Gasteiger partial charge in [-0.3, -0.25) is 4.79 Å². The molecular formula is C26H27Cl2N3O2S. The Morgan fingerprint density at radius 3 is 2.15 bits per heavy atom. The second-order valence-corrected chi connectivity index (χ2v) is 11.9. The smallest absolute Gasteiger partial charge is 0.262 e. The fourth-order valence-electron chi connectivity index (χ4n) is 5.13. The van der Waals surface area contributed by atoms with Crippen molar-refractivity contribution in [1.29, 1.82) is 0 Å². The molecule has 178 valence electrons. The van der Waals surface area contributed by atoms with Crippen LogP contribution in [0.15, 0.2) is 64.1 Å². The Kier molecular flexibility index (Phi) is 5.79. The number of hydrogen-bond donors (Lipinski definition) is 1. The van der Waals surface area contributed by atoms with Crippen molar-refractivity contribution < 1.29 is 9.90 Å². The fraction of sp³-hybridized carbons (Fsp3) is 0.385. The summed E-state index contributed by atoms with van der Waals surface area (Å²) in [6.07, 6.45) is 0. The molecule has 0 bridgehead atoms. The van der Waals surface area contributed by atoms with Crippen molar-refractivity contribution in [2.24, 2.45) is 10.9 Å². The van der Waals surface area contributed by atoms with Crippen molar-refractivity contribution in [2.75, 3.05) is 13.1 Å². The van der Waals surface area contributed by atoms with Crippen LogP contribution in [-0.4, -0.2) is 44.7 Å². The van der Waals surface area contributed by atoms with Crippen molar-refractivity contribution in [1.82, 2.24) is 9.80 Å². The van der Waals surface area contributed by atoms with Gasteiger partial charge in [-0.25, -0.2) is 4.99 Å². The lowest BCUT2D eigenvalue weighted by atomic mass is 9.81. The van der Waals surface area contributed by atoms with E-state index in [0.29, 0.717) is 28.0 Å². The molecule has 0 spiro atoms. The molecule has 2 atom stereocenters. The maximum atomic E-state index is 13.4. The number of fused-ring (bicyclic) bond motifs is 1. The number of nitrogens with zero attached hydrogens (tertiary/aromatic N) is 3. The number of hydrogen-bond acceptors (Lipinski definition) is 5. The predicted octanol–water partition coefficient (Wildman–Crippen LogP) is 5.83. The van der Waals surface area contributed by atoms with Gasteiger partial charge in [0.1, 0.15) is 10.4 Å². The van der Waals surface area contributed by atoms with Crippen LogP contribution in [0, 0.1) is 5.92 Å². The standard InChI is InChI=1S/C26H27Cl2N3O2S/c1-15(2)20-21(23(32)30-13-25(3,33)14-30)34-24-29-26(4,17-7-11-19(28)12-8-17)22(31(20)24)16-5-9-18(27)10-6-16/h5-12,15,22,33H,13-14H2,1-4H3. The summed E-state index contributed by atoms with van der Waals surface area (Å²) in [5, 5.41) is 12.3. The number of amidine groups is 1. The molecule has 5 rings (SSSR count). The number of thioether (sulfide) groups is 1. The molecule has 3 aliphatic rings. The molecule has 2 aromatic rings. The number of allylic oxidation sites excluding steroid dienone is 1. The van der Waals surface area contributed by atoms with Gasteiger partial charge in [0.05, 0.1) is 24.7 Å². The van der Waals surface area contributed by atoms with E-state index in [9.17, 15) is 9.90 Å². The minimum absolute atomic E-state index is 0.0413. The molecule has 34 heavy (non-hydrogen) atoms. The molecule has 0 radical (unpaired) electrons. The summed E-state index contributed by atoms with van der Waals surface area (Å²) in [4.78, 5) is 23.3. The first-order valence-electron chi connectivity index (χ1n) is 11.3. The summed E-state index contributed by atoms with van der Waals surface area (Å²) in [5.74, 6) is 0.0590. The highest BCUT2D eigenvalue weighted by Gasteiger charge is 2.54. The number of carbonyl (C=O) groups excluding carboxylic acids is 1. The number of β-amino-alcohol motifs (C(OH)–C–C–N with tert-alkyl or cyclic N) is 1. The normalized spacial score (nSPS) is 25.5. The summed E-state index contributed by atoms with van der Waals surface area (Å²) < 4.78 is 0. The Morgan fingerprint density at radius 1 is 1.06 bits per heavy atom. The van der Waals surface area contributed by atoms with Gasteiger partial charge in [0.2, 0.25) is 0 Å². The molecule has 1 saturated heterocycles. The molecule has 3 heterocycles. The van der Waals surface area contributed by atoms with Gasteiger partial charge < -0.3 is 14.9 Å². The predicted molar refractivity (Wildman–Crippen MR) is 139 cm³/mol. The summed E-state index contributed by atoms with van der Waals surface area (Å²) in [5.41, 5.74) is 1.69. The lowest BCUT2D eigenvalue weighted by Crippen LogP contribution is -2.61. The third-order valence-electron chi connectivity index (χ3n) is 6.72. The van der Waals surface area contributed by atoms with E-state index in [2.05, 4.69) is 25.7 Å². The fourth-order valence-corrected chi connectivity index (χ4v) is 6.75. The monoisotopic (exact) mass is 515 g/mol. The zero-order valence-corrected chi connectivity index (χ0v) is 21.9. The number of carbonyl (C=O) groups is 1. The van der Waals surface area contributed by atoms with Gasteiger partial charge in [-0.2, -0.15) is 0 Å². The van der Waals surface area contributed by atoms with Gasteiger partial charge in [-0.05, 0) is 66.9 Å². The first kappa shape index (κ1) is 23.7. The van der Waals surface area contributed by atoms with Crippen LogP contribution < -0.4 is 0 Å². The molecule has 0 aliphatic carbocycles. The summed E-state index contributed by atoms with van der Waals surface area (Å²) in [7, 11) is 0. The Morgan fingerprint density at radius 2 is 1.62 bits per heavy atom. The maximum absolute atomic E-state index is 13.4. The second kappa shape index (κ2) is 8.30. The van der Waals surface area contributed by atoms with E-state index in [-0.39, 0.29) is 17.9 Å². The number of halogens is 2. The molecule has 5 nitrogen and oxygen atoms in total. The van der Waals surface area contributed by atoms with Crippen LogP contribution in [-0.2, 0) is 10.3 Å². The summed E-state index contributed by atoms with van der Waals surface area (Å²) >= 11 is 13.8. The maximum Gasteiger partial charge on any atom is 0.262 e. The van der Waals surface area contributed by atoms with Crippen LogP contribution in [0.4, 0.5) is 0 Å². The number of amides is 1. The van der Waals surface area contributed by atoms with E-state index in [1.165, 1.54) is 11.8 Å². The van der Waals surface area contributed by atoms with E-state index < -0.39 is 11.1 Å². The zero-order chi connectivity index (χ0) is 24.4. The minimum Gasteiger partial charge on any atom is -0.386 e. The van der Waals surface area contributed by atoms with Gasteiger partial charge in [0.25, 0.3) is 5.91 Å². The summed E-state index contributed by atoms with van der Waals surface area (Å²) in [6, 6.07) is 15.5. The molecule has 0 aromatic heterocycles. The first-order chi connectivity index (χ1) is 16.0. The van der Waals surface area contributed by atoms with Gasteiger partial charge in [0.15, 0.2) is 5.17 Å². The Bertz CT molecular complexity index is 1200. The third-order valence-corrected chi connectivity index (χ3v) is 8.28. The van der Waals surface area contributed by atoms with E-state index in [1.807, 2.05) is 48.5 Å². The number of benzene rings is 2. The second-order valence-electron chi connectivity index (χ2n) is 10.0. The highest BCUT2D eigenvalue weighted by Crippen LogP contribution is 2.56. The van der Waals surface area contributed by atoms with Crippen LogP contribution >= 0.6 is 35.0 Å². The quantitative estimate of drug-likeness (QED) is 0.556. The molecule has 1 fully saturated rings. The van der Waals surface area contributed by atoms with E-state index in [4.69, 9.17) is 28.2 Å². The SMILES string of the molecule is CC(C)C1=C(C(=O)N2CC(C)(O)C2)SC2=NC(C)(c3ccc(Cl)cc3)C(c3ccc(Cl)cc3)N21. The van der Waals surface area contributed by atoms with Crippen molar-refractivity contribution in [3.8, 4) is 0 Å². The Hall–Kier alpha value is -1.99. The molecule has 0 saturated carbocycles. The number of aliphatic hydroxyl groups is 1. The molecule has 2 unspecified atom stereocenters. The number of rotatable bonds is 4. The van der Waals surface area contributed by atoms with Crippen LogP contribution in [0.2, 0.25) is 10.0 Å². The molecule has 1 amide bonds. The van der Waals surface area contributed by atoms with E-state index in [1.54, 1.807) is 11.8 Å². The Balaban J connectivity index is 1.62. The van der Waals surface area contributed by atoms with Gasteiger partial charge >= 0.3 is 0 Å². The van der Waals surface area contributed by atoms with Crippen molar-refractivity contribution in [3.05, 3.63) is 80.3 Å². The van der Waals surface area contributed by atoms with E-state index >= 15 is 0 Å². The van der Waals surface area contributed by atoms with E-state index in [0.717, 1.165) is 22.0 Å². The van der Waals surface area contributed by atoms with Gasteiger partial charge in [0, 0.05) is 15.7 Å². The van der Waals surface area contributed by atoms with Crippen LogP contribution in [0.5, 0.6) is 0 Å². The molecular weight excluding hydrogens is 489 g/mol. The zero-order valence-electron chi connectivity index (χ0n) is 19.5. The highest BCUT2D eigenvalue weighted by atomic mass is 35.5. The van der Waals surface area contributed by atoms with Crippen molar-refractivity contribution in [3.63, 3.8) is 0 Å². The van der Waals surface area contributed by atoms with Crippen LogP contribution in [0.25, 0.3) is 0 Å². The number of aliphatic imine (C=N–C) groups is 1. The minimum atomic E-state index is -0.815. The lowest BCUT2D eigenvalue weighted by molar-refractivity contribution is -0.147. The van der Waals surface area contributed by atoms with Gasteiger partial charge in [-0.15, -0.1) is 0 Å². The average molecular weight is 516 g/mol. The molecule has 1 N–H and O–H groups in total. The average Bonchev–Trinajstić information content (AvgIpc) is 3.25. The van der Waals surface area contributed by atoms with Gasteiger partial charge in [-0.1, -0.05) is 61.3 Å². The largest absolute Gasteiger partial charge is 0.386 e. The molecule has 3 aliphatic heterocycles. The third kappa shape index (κ3) is 3.85. The van der Waals surface area contributed by atoms with Crippen LogP contribution in [0.3, 0.4) is 0 Å². The molecule has 8 heteroatoms.